The first-order valence-corrected chi connectivity index (χ1v) is 14.1. The Morgan fingerprint density at radius 3 is 2.43 bits per heavy atom. The molecule has 0 radical (unpaired) electrons. The van der Waals surface area contributed by atoms with E-state index in [0.717, 1.165) is 46.4 Å². The highest BCUT2D eigenvalue weighted by atomic mass is 31.2. The normalized spacial score (nSPS) is 11.6. The van der Waals surface area contributed by atoms with E-state index in [0.29, 0.717) is 16.9 Å². The fourth-order valence-corrected chi connectivity index (χ4v) is 5.16. The molecule has 0 spiro atoms. The monoisotopic (exact) mass is 486 g/mol. The number of nitrogens with one attached hydrogen (secondary N) is 2. The van der Waals surface area contributed by atoms with Crippen LogP contribution in [0.25, 0.3) is 22.3 Å². The quantitative estimate of drug-likeness (QED) is 0.337. The summed E-state index contributed by atoms with van der Waals surface area (Å²) in [6.45, 7) is 5.42. The SMILES string of the molecule is CN(C)CCN(C)c1ccc(-c2cc3c(Nc4ccccc4P(C)(C)=O)c(C#N)cnc3[nH]2)cc1. The maximum atomic E-state index is 12.9. The molecular weight excluding hydrogens is 455 g/mol. The number of hydrogen-bond acceptors (Lipinski definition) is 6. The van der Waals surface area contributed by atoms with Gasteiger partial charge in [0.15, 0.2) is 0 Å². The lowest BCUT2D eigenvalue weighted by molar-refractivity contribution is 0.416. The number of nitriles is 1. The van der Waals surface area contributed by atoms with Crippen molar-refractivity contribution < 1.29 is 4.57 Å². The Balaban J connectivity index is 1.70. The zero-order valence-corrected chi connectivity index (χ0v) is 21.7. The number of fused-ring (bicyclic) bond motifs is 1. The molecule has 0 unspecified atom stereocenters. The molecule has 0 amide bonds. The molecular formula is C27H31N6OP. The summed E-state index contributed by atoms with van der Waals surface area (Å²) in [5, 5.41) is 14.7. The highest BCUT2D eigenvalue weighted by molar-refractivity contribution is 7.70. The molecule has 0 saturated heterocycles. The fraction of sp³-hybridized carbons (Fsp3) is 0.259. The number of anilines is 3. The molecule has 2 aromatic carbocycles. The summed E-state index contributed by atoms with van der Waals surface area (Å²) in [5.74, 6) is 0. The molecule has 0 atom stereocenters. The van der Waals surface area contributed by atoms with Gasteiger partial charge < -0.3 is 24.7 Å². The van der Waals surface area contributed by atoms with E-state index in [2.05, 4.69) is 76.6 Å². The van der Waals surface area contributed by atoms with Gasteiger partial charge in [-0.15, -0.1) is 0 Å². The smallest absolute Gasteiger partial charge is 0.139 e. The summed E-state index contributed by atoms with van der Waals surface area (Å²) in [6.07, 6.45) is 1.56. The summed E-state index contributed by atoms with van der Waals surface area (Å²) in [6, 6.07) is 20.2. The molecule has 7 nitrogen and oxygen atoms in total. The number of para-hydroxylation sites is 1. The molecule has 0 bridgehead atoms. The third-order valence-electron chi connectivity index (χ3n) is 6.02. The van der Waals surface area contributed by atoms with Gasteiger partial charge in [0, 0.05) is 54.1 Å². The minimum atomic E-state index is -2.52. The van der Waals surface area contributed by atoms with Crippen LogP contribution in [-0.2, 0) is 4.57 Å². The number of nitrogens with zero attached hydrogens (tertiary/aromatic N) is 4. The predicted octanol–water partition coefficient (Wildman–Crippen LogP) is 5.09. The molecule has 0 fully saturated rings. The van der Waals surface area contributed by atoms with Crippen LogP contribution in [0.15, 0.2) is 60.8 Å². The van der Waals surface area contributed by atoms with Crippen molar-refractivity contribution in [3.05, 3.63) is 66.4 Å². The van der Waals surface area contributed by atoms with E-state index in [-0.39, 0.29) is 0 Å². The zero-order valence-electron chi connectivity index (χ0n) is 20.8. The number of hydrogen-bond donors (Lipinski definition) is 2. The Labute approximate surface area is 206 Å². The number of likely N-dealkylation sites (N-methyl/N-ethyl adjacent to an activating group) is 2. The van der Waals surface area contributed by atoms with Gasteiger partial charge in [-0.3, -0.25) is 0 Å². The van der Waals surface area contributed by atoms with Gasteiger partial charge in [-0.05, 0) is 63.3 Å². The maximum Gasteiger partial charge on any atom is 0.139 e. The Morgan fingerprint density at radius 1 is 1.06 bits per heavy atom. The van der Waals surface area contributed by atoms with Crippen molar-refractivity contribution in [2.75, 3.05) is 57.8 Å². The van der Waals surface area contributed by atoms with Gasteiger partial charge in [-0.25, -0.2) is 4.98 Å². The van der Waals surface area contributed by atoms with Crippen LogP contribution in [0.3, 0.4) is 0 Å². The van der Waals surface area contributed by atoms with Crippen LogP contribution in [0.5, 0.6) is 0 Å². The lowest BCUT2D eigenvalue weighted by Crippen LogP contribution is -2.28. The summed E-state index contributed by atoms with van der Waals surface area (Å²) >= 11 is 0. The number of aromatic amines is 1. The largest absolute Gasteiger partial charge is 0.373 e. The van der Waals surface area contributed by atoms with E-state index >= 15 is 0 Å². The predicted molar refractivity (Wildman–Crippen MR) is 147 cm³/mol. The van der Waals surface area contributed by atoms with Gasteiger partial charge in [0.05, 0.1) is 11.3 Å². The van der Waals surface area contributed by atoms with Crippen LogP contribution in [0.4, 0.5) is 17.1 Å². The Kier molecular flexibility index (Phi) is 6.98. The van der Waals surface area contributed by atoms with Crippen molar-refractivity contribution in [3.8, 4) is 17.3 Å². The molecule has 0 aliphatic carbocycles. The van der Waals surface area contributed by atoms with E-state index in [9.17, 15) is 9.83 Å². The lowest BCUT2D eigenvalue weighted by Gasteiger charge is -2.21. The van der Waals surface area contributed by atoms with E-state index in [4.69, 9.17) is 0 Å². The number of benzene rings is 2. The third kappa shape index (κ3) is 5.40. The Hall–Kier alpha value is -3.59. The molecule has 180 valence electrons. The highest BCUT2D eigenvalue weighted by Gasteiger charge is 2.19. The fourth-order valence-electron chi connectivity index (χ4n) is 4.01. The molecule has 2 N–H and O–H groups in total. The van der Waals surface area contributed by atoms with Gasteiger partial charge in [-0.1, -0.05) is 24.3 Å². The standard InChI is InChI=1S/C27H31N6OP/c1-32(2)14-15-33(3)21-12-10-19(11-13-21)24-16-22-26(20(17-28)18-29-27(22)31-24)30-23-8-6-7-9-25(23)35(4,5)34/h6-13,16,18H,14-15H2,1-5H3,(H2,29,30,31). The van der Waals surface area contributed by atoms with E-state index < -0.39 is 7.14 Å². The van der Waals surface area contributed by atoms with Crippen molar-refractivity contribution in [1.29, 1.82) is 5.26 Å². The Morgan fingerprint density at radius 2 is 1.77 bits per heavy atom. The highest BCUT2D eigenvalue weighted by Crippen LogP contribution is 2.39. The molecule has 4 rings (SSSR count). The number of rotatable bonds is 8. The molecule has 35 heavy (non-hydrogen) atoms. The average molecular weight is 487 g/mol. The molecule has 0 saturated carbocycles. The van der Waals surface area contributed by atoms with Crippen molar-refractivity contribution in [3.63, 3.8) is 0 Å². The third-order valence-corrected chi connectivity index (χ3v) is 7.57. The second-order valence-corrected chi connectivity index (χ2v) is 12.6. The van der Waals surface area contributed by atoms with Gasteiger partial charge in [0.25, 0.3) is 0 Å². The number of H-pyrrole nitrogens is 1. The molecule has 2 heterocycles. The summed E-state index contributed by atoms with van der Waals surface area (Å²) in [7, 11) is 3.72. The first-order valence-electron chi connectivity index (χ1n) is 11.5. The number of pyridine rings is 1. The van der Waals surface area contributed by atoms with E-state index in [1.54, 1.807) is 19.5 Å². The van der Waals surface area contributed by atoms with Gasteiger partial charge in [-0.2, -0.15) is 5.26 Å². The van der Waals surface area contributed by atoms with Crippen molar-refractivity contribution in [1.82, 2.24) is 14.9 Å². The van der Waals surface area contributed by atoms with Crippen LogP contribution < -0.4 is 15.5 Å². The molecule has 4 aromatic rings. The van der Waals surface area contributed by atoms with Crippen LogP contribution in [0.2, 0.25) is 0 Å². The van der Waals surface area contributed by atoms with Gasteiger partial charge >= 0.3 is 0 Å². The van der Waals surface area contributed by atoms with E-state index in [1.807, 2.05) is 30.3 Å². The van der Waals surface area contributed by atoms with Crippen molar-refractivity contribution in [2.24, 2.45) is 0 Å². The summed E-state index contributed by atoms with van der Waals surface area (Å²) in [4.78, 5) is 12.3. The molecule has 8 heteroatoms. The minimum Gasteiger partial charge on any atom is -0.373 e. The van der Waals surface area contributed by atoms with E-state index in [1.165, 1.54) is 0 Å². The first-order chi connectivity index (χ1) is 16.7. The van der Waals surface area contributed by atoms with Gasteiger partial charge in [0.1, 0.15) is 18.9 Å². The number of aromatic nitrogens is 2. The second-order valence-electron chi connectivity index (χ2n) is 9.37. The van der Waals surface area contributed by atoms with Crippen LogP contribution in [-0.4, -0.2) is 62.4 Å². The molecule has 2 aromatic heterocycles. The van der Waals surface area contributed by atoms with Crippen LogP contribution in [0, 0.1) is 11.3 Å². The summed E-state index contributed by atoms with van der Waals surface area (Å²) in [5.41, 5.74) is 5.60. The first kappa shape index (κ1) is 24.5. The van der Waals surface area contributed by atoms with Gasteiger partial charge in [0.2, 0.25) is 0 Å². The lowest BCUT2D eigenvalue weighted by atomic mass is 10.1. The molecule has 0 aliphatic rings. The average Bonchev–Trinajstić information content (AvgIpc) is 3.27. The zero-order chi connectivity index (χ0) is 25.2. The van der Waals surface area contributed by atoms with Crippen molar-refractivity contribution >= 4 is 40.5 Å². The van der Waals surface area contributed by atoms with Crippen molar-refractivity contribution in [2.45, 2.75) is 0 Å². The maximum absolute atomic E-state index is 12.9. The molecule has 0 aliphatic heterocycles. The topological polar surface area (TPSA) is 88.0 Å². The second kappa shape index (κ2) is 9.95. The Bertz CT molecular complexity index is 1430. The summed E-state index contributed by atoms with van der Waals surface area (Å²) < 4.78 is 12.9. The minimum absolute atomic E-state index is 0.428. The van der Waals surface area contributed by atoms with Crippen LogP contribution >= 0.6 is 7.14 Å². The van der Waals surface area contributed by atoms with Crippen LogP contribution in [0.1, 0.15) is 5.56 Å².